The van der Waals surface area contributed by atoms with Gasteiger partial charge in [0.05, 0.1) is 10.5 Å². The molecular weight excluding hydrogens is 309 g/mol. The second kappa shape index (κ2) is 6.03. The van der Waals surface area contributed by atoms with Gasteiger partial charge in [-0.2, -0.15) is 13.2 Å². The second-order valence-corrected chi connectivity index (χ2v) is 5.31. The van der Waals surface area contributed by atoms with Gasteiger partial charge in [0.15, 0.2) is 0 Å². The molecule has 0 fully saturated rings. The molecule has 0 aliphatic heterocycles. The Bertz CT molecular complexity index is 654. The van der Waals surface area contributed by atoms with E-state index in [0.29, 0.717) is 4.90 Å². The van der Waals surface area contributed by atoms with Gasteiger partial charge in [-0.05, 0) is 42.0 Å². The highest BCUT2D eigenvalue weighted by Crippen LogP contribution is 2.36. The van der Waals surface area contributed by atoms with Gasteiger partial charge in [-0.1, -0.05) is 11.8 Å². The first-order chi connectivity index (χ1) is 9.81. The van der Waals surface area contributed by atoms with Crippen LogP contribution in [0.1, 0.15) is 11.1 Å². The van der Waals surface area contributed by atoms with Crippen molar-refractivity contribution >= 4 is 11.8 Å². The van der Waals surface area contributed by atoms with Gasteiger partial charge in [0, 0.05) is 11.4 Å². The number of benzene rings is 2. The van der Waals surface area contributed by atoms with E-state index in [9.17, 15) is 22.0 Å². The fraction of sp³-hybridized carbons (Fsp3) is 0.143. The average molecular weight is 319 g/mol. The molecule has 0 aliphatic rings. The molecule has 21 heavy (non-hydrogen) atoms. The van der Waals surface area contributed by atoms with Crippen molar-refractivity contribution in [3.05, 3.63) is 59.2 Å². The lowest BCUT2D eigenvalue weighted by atomic mass is 10.1. The van der Waals surface area contributed by atoms with Crippen LogP contribution >= 0.6 is 11.8 Å². The topological polar surface area (TPSA) is 26.0 Å². The minimum atomic E-state index is -4.50. The molecule has 0 aromatic heterocycles. The molecule has 0 saturated carbocycles. The summed E-state index contributed by atoms with van der Waals surface area (Å²) in [6.07, 6.45) is -4.50. The van der Waals surface area contributed by atoms with Crippen LogP contribution in [-0.2, 0) is 12.7 Å². The molecule has 0 aliphatic carbocycles. The van der Waals surface area contributed by atoms with Gasteiger partial charge in [-0.3, -0.25) is 0 Å². The van der Waals surface area contributed by atoms with E-state index in [0.717, 1.165) is 36.0 Å². The normalized spacial score (nSPS) is 11.7. The molecule has 2 N–H and O–H groups in total. The van der Waals surface area contributed by atoms with Crippen molar-refractivity contribution in [2.24, 2.45) is 5.73 Å². The number of alkyl halides is 3. The summed E-state index contributed by atoms with van der Waals surface area (Å²) in [5, 5.41) is 0. The molecule has 2 aromatic rings. The lowest BCUT2D eigenvalue weighted by molar-refractivity contribution is -0.138. The van der Waals surface area contributed by atoms with E-state index >= 15 is 0 Å². The lowest BCUT2D eigenvalue weighted by Crippen LogP contribution is -2.11. The first-order valence-corrected chi connectivity index (χ1v) is 6.66. The average Bonchev–Trinajstić information content (AvgIpc) is 2.41. The molecule has 0 atom stereocenters. The molecule has 0 saturated heterocycles. The molecule has 1 nitrogen and oxygen atoms in total. The summed E-state index contributed by atoms with van der Waals surface area (Å²) in [5.74, 6) is -1.26. The van der Waals surface area contributed by atoms with Crippen LogP contribution in [0.3, 0.4) is 0 Å². The third-order valence-corrected chi connectivity index (χ3v) is 3.75. The Morgan fingerprint density at radius 1 is 1.00 bits per heavy atom. The van der Waals surface area contributed by atoms with Crippen LogP contribution in [0, 0.1) is 11.6 Å². The Morgan fingerprint density at radius 3 is 2.33 bits per heavy atom. The maximum Gasteiger partial charge on any atom is 0.416 e. The van der Waals surface area contributed by atoms with Crippen molar-refractivity contribution in [3.63, 3.8) is 0 Å². The van der Waals surface area contributed by atoms with Crippen molar-refractivity contribution in [1.29, 1.82) is 0 Å². The van der Waals surface area contributed by atoms with E-state index in [2.05, 4.69) is 0 Å². The number of hydrogen-bond donors (Lipinski definition) is 1. The van der Waals surface area contributed by atoms with E-state index in [1.54, 1.807) is 0 Å². The minimum Gasteiger partial charge on any atom is -0.326 e. The van der Waals surface area contributed by atoms with Gasteiger partial charge < -0.3 is 5.73 Å². The Kier molecular flexibility index (Phi) is 4.53. The number of hydrogen-bond acceptors (Lipinski definition) is 2. The summed E-state index contributed by atoms with van der Waals surface area (Å²) in [6.45, 7) is -0.297. The first kappa shape index (κ1) is 15.8. The van der Waals surface area contributed by atoms with Crippen LogP contribution < -0.4 is 5.73 Å². The van der Waals surface area contributed by atoms with Gasteiger partial charge >= 0.3 is 6.18 Å². The predicted octanol–water partition coefficient (Wildman–Crippen LogP) is 4.59. The standard InChI is InChI=1S/C14H10F5NS/c15-9-1-4-12(16)13(6-9)21-10-2-3-11(14(17,18)19)8(5-10)7-20/h1-6H,7,20H2. The Labute approximate surface area is 122 Å². The lowest BCUT2D eigenvalue weighted by Gasteiger charge is -2.13. The zero-order valence-corrected chi connectivity index (χ0v) is 11.4. The third kappa shape index (κ3) is 3.74. The molecule has 0 unspecified atom stereocenters. The maximum atomic E-state index is 13.5. The van der Waals surface area contributed by atoms with Gasteiger partial charge in [0.25, 0.3) is 0 Å². The van der Waals surface area contributed by atoms with Crippen LogP contribution in [-0.4, -0.2) is 0 Å². The highest BCUT2D eigenvalue weighted by molar-refractivity contribution is 7.99. The smallest absolute Gasteiger partial charge is 0.326 e. The van der Waals surface area contributed by atoms with Crippen molar-refractivity contribution < 1.29 is 22.0 Å². The van der Waals surface area contributed by atoms with Crippen molar-refractivity contribution in [2.45, 2.75) is 22.5 Å². The summed E-state index contributed by atoms with van der Waals surface area (Å²) in [5.41, 5.74) is 4.40. The molecule has 0 radical (unpaired) electrons. The van der Waals surface area contributed by atoms with Gasteiger partial charge in [-0.15, -0.1) is 0 Å². The molecule has 0 heterocycles. The second-order valence-electron chi connectivity index (χ2n) is 4.20. The van der Waals surface area contributed by atoms with E-state index in [1.807, 2.05) is 0 Å². The summed E-state index contributed by atoms with van der Waals surface area (Å²) < 4.78 is 64.8. The molecule has 2 rings (SSSR count). The molecule has 2 aromatic carbocycles. The zero-order chi connectivity index (χ0) is 15.6. The predicted molar refractivity (Wildman–Crippen MR) is 69.8 cm³/mol. The van der Waals surface area contributed by atoms with Gasteiger partial charge in [-0.25, -0.2) is 8.78 Å². The third-order valence-electron chi connectivity index (χ3n) is 2.72. The highest BCUT2D eigenvalue weighted by Gasteiger charge is 2.32. The first-order valence-electron chi connectivity index (χ1n) is 5.84. The molecular formula is C14H10F5NS. The molecule has 0 spiro atoms. The van der Waals surface area contributed by atoms with Crippen LogP contribution in [0.2, 0.25) is 0 Å². The van der Waals surface area contributed by atoms with Crippen LogP contribution in [0.4, 0.5) is 22.0 Å². The highest BCUT2D eigenvalue weighted by atomic mass is 32.2. The molecule has 0 amide bonds. The number of nitrogens with two attached hydrogens (primary N) is 1. The summed E-state index contributed by atoms with van der Waals surface area (Å²) in [7, 11) is 0. The number of halogens is 5. The largest absolute Gasteiger partial charge is 0.416 e. The van der Waals surface area contributed by atoms with E-state index in [4.69, 9.17) is 5.73 Å². The Hall–Kier alpha value is -1.60. The zero-order valence-electron chi connectivity index (χ0n) is 10.5. The van der Waals surface area contributed by atoms with Crippen LogP contribution in [0.5, 0.6) is 0 Å². The fourth-order valence-corrected chi connectivity index (χ4v) is 2.69. The monoisotopic (exact) mass is 319 g/mol. The number of rotatable bonds is 3. The Morgan fingerprint density at radius 2 is 1.71 bits per heavy atom. The van der Waals surface area contributed by atoms with Crippen LogP contribution in [0.25, 0.3) is 0 Å². The minimum absolute atomic E-state index is 0.00210. The molecule has 112 valence electrons. The van der Waals surface area contributed by atoms with E-state index in [-0.39, 0.29) is 17.0 Å². The van der Waals surface area contributed by atoms with Crippen molar-refractivity contribution in [3.8, 4) is 0 Å². The van der Waals surface area contributed by atoms with Crippen molar-refractivity contribution in [1.82, 2.24) is 0 Å². The van der Waals surface area contributed by atoms with Crippen LogP contribution in [0.15, 0.2) is 46.2 Å². The molecule has 0 bridgehead atoms. The summed E-state index contributed by atoms with van der Waals surface area (Å²) in [6, 6.07) is 6.25. The van der Waals surface area contributed by atoms with Crippen molar-refractivity contribution in [2.75, 3.05) is 0 Å². The van der Waals surface area contributed by atoms with Gasteiger partial charge in [0.2, 0.25) is 0 Å². The quantitative estimate of drug-likeness (QED) is 0.837. The van der Waals surface area contributed by atoms with Gasteiger partial charge in [0.1, 0.15) is 11.6 Å². The van der Waals surface area contributed by atoms with E-state index in [1.165, 1.54) is 12.1 Å². The SMILES string of the molecule is NCc1cc(Sc2cc(F)ccc2F)ccc1C(F)(F)F. The summed E-state index contributed by atoms with van der Waals surface area (Å²) in [4.78, 5) is 0.352. The Balaban J connectivity index is 2.36. The summed E-state index contributed by atoms with van der Waals surface area (Å²) >= 11 is 0.839. The fourth-order valence-electron chi connectivity index (χ4n) is 1.76. The molecule has 7 heteroatoms. The maximum absolute atomic E-state index is 13.5. The van der Waals surface area contributed by atoms with E-state index < -0.39 is 23.4 Å².